The average Bonchev–Trinajstić information content (AvgIpc) is 3.02. The van der Waals surface area contributed by atoms with Gasteiger partial charge in [-0.1, -0.05) is 20.3 Å². The molecule has 2 fully saturated rings. The Kier molecular flexibility index (Phi) is 3.91. The van der Waals surface area contributed by atoms with Gasteiger partial charge in [-0.15, -0.1) is 0 Å². The number of likely N-dealkylation sites (N-methyl/N-ethyl adjacent to an activating group) is 1. The third kappa shape index (κ3) is 2.78. The fourth-order valence-corrected chi connectivity index (χ4v) is 3.01. The first kappa shape index (κ1) is 12.4. The minimum Gasteiger partial charge on any atom is -0.315 e. The molecule has 2 rings (SSSR count). The minimum atomic E-state index is 0.660. The minimum absolute atomic E-state index is 0.660. The second kappa shape index (κ2) is 5.05. The normalized spacial score (nSPS) is 29.6. The molecule has 0 radical (unpaired) electrons. The van der Waals surface area contributed by atoms with Crippen LogP contribution in [0.15, 0.2) is 0 Å². The van der Waals surface area contributed by atoms with Gasteiger partial charge in [0.15, 0.2) is 0 Å². The van der Waals surface area contributed by atoms with E-state index in [1.54, 1.807) is 0 Å². The van der Waals surface area contributed by atoms with Crippen LogP contribution in [0.2, 0.25) is 0 Å². The molecule has 1 unspecified atom stereocenters. The van der Waals surface area contributed by atoms with Crippen LogP contribution in [0.1, 0.15) is 46.0 Å². The van der Waals surface area contributed by atoms with Gasteiger partial charge >= 0.3 is 0 Å². The van der Waals surface area contributed by atoms with Crippen LogP contribution in [0, 0.1) is 11.3 Å². The van der Waals surface area contributed by atoms with Gasteiger partial charge in [0.2, 0.25) is 0 Å². The summed E-state index contributed by atoms with van der Waals surface area (Å²) in [5, 5.41) is 3.73. The van der Waals surface area contributed by atoms with E-state index in [1.165, 1.54) is 51.7 Å². The van der Waals surface area contributed by atoms with E-state index < -0.39 is 0 Å². The van der Waals surface area contributed by atoms with E-state index in [1.807, 2.05) is 0 Å². The second-order valence-electron chi connectivity index (χ2n) is 6.28. The highest BCUT2D eigenvalue weighted by Crippen LogP contribution is 2.51. The summed E-state index contributed by atoms with van der Waals surface area (Å²) in [5.41, 5.74) is 0.660. The predicted molar refractivity (Wildman–Crippen MR) is 69.6 cm³/mol. The van der Waals surface area contributed by atoms with Crippen molar-refractivity contribution in [2.75, 3.05) is 26.7 Å². The van der Waals surface area contributed by atoms with Crippen molar-refractivity contribution < 1.29 is 0 Å². The first-order chi connectivity index (χ1) is 7.64. The quantitative estimate of drug-likeness (QED) is 0.772. The van der Waals surface area contributed by atoms with E-state index in [-0.39, 0.29) is 0 Å². The van der Waals surface area contributed by atoms with E-state index in [2.05, 4.69) is 31.1 Å². The molecule has 1 atom stereocenters. The van der Waals surface area contributed by atoms with Crippen molar-refractivity contribution in [1.82, 2.24) is 10.2 Å². The monoisotopic (exact) mass is 224 g/mol. The van der Waals surface area contributed by atoms with Crippen molar-refractivity contribution in [3.63, 3.8) is 0 Å². The maximum absolute atomic E-state index is 3.73. The van der Waals surface area contributed by atoms with Gasteiger partial charge in [-0.2, -0.15) is 0 Å². The van der Waals surface area contributed by atoms with Gasteiger partial charge in [-0.05, 0) is 50.6 Å². The van der Waals surface area contributed by atoms with Crippen molar-refractivity contribution in [1.29, 1.82) is 0 Å². The number of hydrogen-bond acceptors (Lipinski definition) is 2. The van der Waals surface area contributed by atoms with Crippen molar-refractivity contribution in [2.45, 2.75) is 52.0 Å². The highest BCUT2D eigenvalue weighted by Gasteiger charge is 2.44. The smallest absolute Gasteiger partial charge is 0.0217 e. The zero-order valence-electron chi connectivity index (χ0n) is 11.3. The van der Waals surface area contributed by atoms with Gasteiger partial charge < -0.3 is 10.2 Å². The summed E-state index contributed by atoms with van der Waals surface area (Å²) in [5.74, 6) is 0.851. The molecule has 0 aromatic rings. The Bertz CT molecular complexity index is 221. The lowest BCUT2D eigenvalue weighted by Crippen LogP contribution is -2.44. The fraction of sp³-hybridized carbons (Fsp3) is 1.00. The van der Waals surface area contributed by atoms with E-state index in [0.29, 0.717) is 5.41 Å². The molecule has 1 N–H and O–H groups in total. The number of nitrogens with one attached hydrogen (secondary N) is 1. The molecule has 2 heteroatoms. The SMILES string of the molecule is CC(C)C1(CNCC2CCCCN2C)CC1. The van der Waals surface area contributed by atoms with Gasteiger partial charge in [-0.3, -0.25) is 0 Å². The zero-order valence-corrected chi connectivity index (χ0v) is 11.3. The summed E-state index contributed by atoms with van der Waals surface area (Å²) in [4.78, 5) is 2.53. The van der Waals surface area contributed by atoms with E-state index in [4.69, 9.17) is 0 Å². The number of likely N-dealkylation sites (tertiary alicyclic amines) is 1. The summed E-state index contributed by atoms with van der Waals surface area (Å²) in [6, 6.07) is 0.789. The molecular weight excluding hydrogens is 196 g/mol. The molecular formula is C14H28N2. The molecule has 1 aliphatic carbocycles. The number of hydrogen-bond donors (Lipinski definition) is 1. The highest BCUT2D eigenvalue weighted by atomic mass is 15.2. The third-order valence-electron chi connectivity index (χ3n) is 4.90. The number of nitrogens with zero attached hydrogens (tertiary/aromatic N) is 1. The zero-order chi connectivity index (χ0) is 11.6. The Morgan fingerprint density at radius 3 is 2.62 bits per heavy atom. The lowest BCUT2D eigenvalue weighted by Gasteiger charge is -2.33. The van der Waals surface area contributed by atoms with Crippen LogP contribution in [0.4, 0.5) is 0 Å². The fourth-order valence-electron chi connectivity index (χ4n) is 3.01. The topological polar surface area (TPSA) is 15.3 Å². The largest absolute Gasteiger partial charge is 0.315 e. The Balaban J connectivity index is 1.67. The second-order valence-corrected chi connectivity index (χ2v) is 6.28. The molecule has 1 heterocycles. The highest BCUT2D eigenvalue weighted by molar-refractivity contribution is 4.97. The lowest BCUT2D eigenvalue weighted by atomic mass is 9.92. The molecule has 0 bridgehead atoms. The molecule has 0 aromatic heterocycles. The van der Waals surface area contributed by atoms with E-state index in [0.717, 1.165) is 12.0 Å². The summed E-state index contributed by atoms with van der Waals surface area (Å²) in [6.07, 6.45) is 7.09. The Morgan fingerprint density at radius 1 is 1.31 bits per heavy atom. The summed E-state index contributed by atoms with van der Waals surface area (Å²) in [6.45, 7) is 8.49. The summed E-state index contributed by atoms with van der Waals surface area (Å²) >= 11 is 0. The first-order valence-electron chi connectivity index (χ1n) is 7.05. The molecule has 1 saturated heterocycles. The third-order valence-corrected chi connectivity index (χ3v) is 4.90. The maximum Gasteiger partial charge on any atom is 0.0217 e. The molecule has 94 valence electrons. The van der Waals surface area contributed by atoms with Gasteiger partial charge in [0.05, 0.1) is 0 Å². The molecule has 0 spiro atoms. The molecule has 0 aromatic carbocycles. The molecule has 0 amide bonds. The predicted octanol–water partition coefficient (Wildman–Crippen LogP) is 2.50. The molecule has 16 heavy (non-hydrogen) atoms. The summed E-state index contributed by atoms with van der Waals surface area (Å²) in [7, 11) is 2.28. The van der Waals surface area contributed by atoms with Gasteiger partial charge in [-0.25, -0.2) is 0 Å². The van der Waals surface area contributed by atoms with E-state index >= 15 is 0 Å². The van der Waals surface area contributed by atoms with Gasteiger partial charge in [0, 0.05) is 19.1 Å². The van der Waals surface area contributed by atoms with Crippen molar-refractivity contribution in [3.05, 3.63) is 0 Å². The van der Waals surface area contributed by atoms with Crippen LogP contribution >= 0.6 is 0 Å². The Morgan fingerprint density at radius 2 is 2.06 bits per heavy atom. The Hall–Kier alpha value is -0.0800. The first-order valence-corrected chi connectivity index (χ1v) is 7.05. The van der Waals surface area contributed by atoms with Crippen molar-refractivity contribution in [2.24, 2.45) is 11.3 Å². The molecule has 2 nitrogen and oxygen atoms in total. The molecule has 2 aliphatic rings. The van der Waals surface area contributed by atoms with E-state index in [9.17, 15) is 0 Å². The standard InChI is InChI=1S/C14H28N2/c1-12(2)14(7-8-14)11-15-10-13-6-4-5-9-16(13)3/h12-13,15H,4-11H2,1-3H3. The van der Waals surface area contributed by atoms with Crippen molar-refractivity contribution in [3.8, 4) is 0 Å². The average molecular weight is 224 g/mol. The van der Waals surface area contributed by atoms with Crippen LogP contribution in [0.3, 0.4) is 0 Å². The Labute approximate surface area is 101 Å². The maximum atomic E-state index is 3.73. The molecule has 1 aliphatic heterocycles. The molecule has 1 saturated carbocycles. The number of piperidine rings is 1. The summed E-state index contributed by atoms with van der Waals surface area (Å²) < 4.78 is 0. The van der Waals surface area contributed by atoms with Crippen LogP contribution in [0.25, 0.3) is 0 Å². The van der Waals surface area contributed by atoms with Crippen molar-refractivity contribution >= 4 is 0 Å². The number of rotatable bonds is 5. The van der Waals surface area contributed by atoms with Crippen LogP contribution < -0.4 is 5.32 Å². The van der Waals surface area contributed by atoms with Crippen LogP contribution in [-0.2, 0) is 0 Å². The van der Waals surface area contributed by atoms with Crippen LogP contribution in [-0.4, -0.2) is 37.6 Å². The van der Waals surface area contributed by atoms with Gasteiger partial charge in [0.1, 0.15) is 0 Å². The van der Waals surface area contributed by atoms with Gasteiger partial charge in [0.25, 0.3) is 0 Å². The van der Waals surface area contributed by atoms with Crippen LogP contribution in [0.5, 0.6) is 0 Å². The lowest BCUT2D eigenvalue weighted by molar-refractivity contribution is 0.177.